The Balaban J connectivity index is 1.78. The molecule has 2 saturated carbocycles. The maximum absolute atomic E-state index is 12.7. The van der Waals surface area contributed by atoms with Gasteiger partial charge in [-0.1, -0.05) is 20.3 Å². The first-order chi connectivity index (χ1) is 12.2. The smallest absolute Gasteiger partial charge is 0.337 e. The predicted octanol–water partition coefficient (Wildman–Crippen LogP) is 3.35. The first kappa shape index (κ1) is 18.0. The van der Waals surface area contributed by atoms with Crippen LogP contribution >= 0.6 is 0 Å². The third-order valence-corrected chi connectivity index (χ3v) is 8.46. The number of esters is 2. The summed E-state index contributed by atoms with van der Waals surface area (Å²) >= 11 is 0. The number of fused-ring (bicyclic) bond motifs is 4. The summed E-state index contributed by atoms with van der Waals surface area (Å²) in [6, 6.07) is 0. The number of hydrogen-bond donors (Lipinski definition) is 1. The molecule has 0 spiro atoms. The molecule has 2 fully saturated rings. The van der Waals surface area contributed by atoms with Crippen LogP contribution in [-0.4, -0.2) is 30.4 Å². The second-order valence-corrected chi connectivity index (χ2v) is 9.53. The van der Waals surface area contributed by atoms with Crippen molar-refractivity contribution >= 4 is 11.9 Å². The van der Waals surface area contributed by atoms with Crippen LogP contribution in [0.5, 0.6) is 0 Å². The molecule has 1 N–H and O–H groups in total. The molecule has 3 aliphatic carbocycles. The topological polar surface area (TPSA) is 72.8 Å². The van der Waals surface area contributed by atoms with E-state index in [0.717, 1.165) is 49.7 Å². The van der Waals surface area contributed by atoms with Gasteiger partial charge in [0.15, 0.2) is 0 Å². The van der Waals surface area contributed by atoms with Gasteiger partial charge in [0.05, 0.1) is 12.5 Å². The van der Waals surface area contributed by atoms with Gasteiger partial charge in [0.1, 0.15) is 0 Å². The quantitative estimate of drug-likeness (QED) is 0.724. The average molecular weight is 362 g/mol. The normalized spacial score (nSPS) is 47.6. The highest BCUT2D eigenvalue weighted by Crippen LogP contribution is 2.69. The van der Waals surface area contributed by atoms with Gasteiger partial charge in [0.25, 0.3) is 0 Å². The van der Waals surface area contributed by atoms with Crippen LogP contribution in [0.15, 0.2) is 11.1 Å². The van der Waals surface area contributed by atoms with E-state index in [9.17, 15) is 14.7 Å². The summed E-state index contributed by atoms with van der Waals surface area (Å²) in [5.41, 5.74) is 0.782. The number of methoxy groups -OCH3 is 1. The number of aliphatic hydroxyl groups excluding tert-OH is 1. The minimum Gasteiger partial charge on any atom is -0.469 e. The first-order valence-corrected chi connectivity index (χ1v) is 9.89. The van der Waals surface area contributed by atoms with Gasteiger partial charge in [0.2, 0.25) is 6.29 Å². The number of carbonyl (C=O) groups is 2. The van der Waals surface area contributed by atoms with Gasteiger partial charge in [-0.05, 0) is 62.7 Å². The van der Waals surface area contributed by atoms with Crippen LogP contribution in [0.1, 0.15) is 65.7 Å². The summed E-state index contributed by atoms with van der Waals surface area (Å²) < 4.78 is 10.3. The van der Waals surface area contributed by atoms with Gasteiger partial charge in [-0.2, -0.15) is 0 Å². The van der Waals surface area contributed by atoms with Gasteiger partial charge < -0.3 is 14.6 Å². The predicted molar refractivity (Wildman–Crippen MR) is 94.8 cm³/mol. The third kappa shape index (κ3) is 2.07. The Hall–Kier alpha value is -1.36. The molecule has 6 atom stereocenters. The van der Waals surface area contributed by atoms with E-state index in [1.165, 1.54) is 7.11 Å². The van der Waals surface area contributed by atoms with Gasteiger partial charge in [-0.25, -0.2) is 4.79 Å². The number of cyclic esters (lactones) is 1. The largest absolute Gasteiger partial charge is 0.469 e. The van der Waals surface area contributed by atoms with Crippen molar-refractivity contribution < 1.29 is 24.2 Å². The zero-order valence-electron chi connectivity index (χ0n) is 16.3. The number of rotatable bonds is 1. The van der Waals surface area contributed by atoms with Crippen molar-refractivity contribution in [2.24, 2.45) is 28.1 Å². The molecule has 0 aromatic rings. The fourth-order valence-corrected chi connectivity index (χ4v) is 7.38. The lowest BCUT2D eigenvalue weighted by Crippen LogP contribution is -2.59. The maximum atomic E-state index is 12.7. The maximum Gasteiger partial charge on any atom is 0.337 e. The number of ether oxygens (including phenoxy) is 2. The monoisotopic (exact) mass is 362 g/mol. The molecule has 0 saturated heterocycles. The molecule has 4 rings (SSSR count). The molecule has 1 aliphatic heterocycles. The van der Waals surface area contributed by atoms with Gasteiger partial charge in [-0.3, -0.25) is 4.79 Å². The van der Waals surface area contributed by atoms with Gasteiger partial charge in [0, 0.05) is 16.6 Å². The Kier molecular flexibility index (Phi) is 3.86. The summed E-state index contributed by atoms with van der Waals surface area (Å²) in [5.74, 6) is 0.144. The molecule has 5 heteroatoms. The van der Waals surface area contributed by atoms with Crippen LogP contribution in [0.3, 0.4) is 0 Å². The fourth-order valence-electron chi connectivity index (χ4n) is 7.38. The summed E-state index contributed by atoms with van der Waals surface area (Å²) in [6.45, 7) is 6.57. The van der Waals surface area contributed by atoms with Crippen molar-refractivity contribution in [2.45, 2.75) is 72.0 Å². The summed E-state index contributed by atoms with van der Waals surface area (Å²) in [5, 5.41) is 10.1. The van der Waals surface area contributed by atoms with Crippen LogP contribution in [0, 0.1) is 28.1 Å². The van der Waals surface area contributed by atoms with Crippen LogP contribution in [0.25, 0.3) is 0 Å². The Bertz CT molecular complexity index is 697. The first-order valence-electron chi connectivity index (χ1n) is 9.89. The Morgan fingerprint density at radius 2 is 1.88 bits per heavy atom. The van der Waals surface area contributed by atoms with Gasteiger partial charge in [-0.15, -0.1) is 0 Å². The van der Waals surface area contributed by atoms with Gasteiger partial charge >= 0.3 is 11.9 Å². The Labute approximate surface area is 155 Å². The molecule has 0 bridgehead atoms. The van der Waals surface area contributed by atoms with Crippen molar-refractivity contribution in [3.8, 4) is 0 Å². The molecule has 1 unspecified atom stereocenters. The second kappa shape index (κ2) is 5.57. The molecular formula is C21H30O5. The molecule has 0 amide bonds. The fraction of sp³-hybridized carbons (Fsp3) is 0.810. The molecular weight excluding hydrogens is 332 g/mol. The second-order valence-electron chi connectivity index (χ2n) is 9.53. The van der Waals surface area contributed by atoms with Crippen molar-refractivity contribution in [2.75, 3.05) is 7.11 Å². The van der Waals surface area contributed by atoms with E-state index >= 15 is 0 Å². The molecule has 144 valence electrons. The Morgan fingerprint density at radius 1 is 1.15 bits per heavy atom. The highest BCUT2D eigenvalue weighted by Gasteiger charge is 2.65. The van der Waals surface area contributed by atoms with Crippen LogP contribution in [-0.2, 0) is 19.1 Å². The molecule has 26 heavy (non-hydrogen) atoms. The van der Waals surface area contributed by atoms with Crippen molar-refractivity contribution in [3.05, 3.63) is 11.1 Å². The standard InChI is InChI=1S/C21H30O5/c1-19-9-5-10-21(3,18(24)25-4)14(19)8-11-20(2)13(19)7-6-12-15(20)17(23)26-16(12)22/h13-14,16,22H,5-11H2,1-4H3/t13-,14-,16?,19-,20-,21+/m1/s1. The lowest BCUT2D eigenvalue weighted by atomic mass is 9.40. The van der Waals surface area contributed by atoms with Crippen molar-refractivity contribution in [1.82, 2.24) is 0 Å². The zero-order chi connectivity index (χ0) is 18.9. The minimum absolute atomic E-state index is 0.0134. The molecule has 0 aromatic heterocycles. The zero-order valence-corrected chi connectivity index (χ0v) is 16.3. The lowest BCUT2D eigenvalue weighted by molar-refractivity contribution is -0.179. The van der Waals surface area contributed by atoms with E-state index in [1.54, 1.807) is 0 Å². The van der Waals surface area contributed by atoms with Crippen LogP contribution in [0.2, 0.25) is 0 Å². The highest BCUT2D eigenvalue weighted by molar-refractivity contribution is 5.94. The highest BCUT2D eigenvalue weighted by atomic mass is 16.6. The third-order valence-electron chi connectivity index (χ3n) is 8.46. The van der Waals surface area contributed by atoms with E-state index in [1.807, 2.05) is 0 Å². The van der Waals surface area contributed by atoms with Crippen LogP contribution in [0.4, 0.5) is 0 Å². The number of aliphatic hydroxyl groups is 1. The van der Waals surface area contributed by atoms with Crippen molar-refractivity contribution in [1.29, 1.82) is 0 Å². The van der Waals surface area contributed by atoms with Crippen molar-refractivity contribution in [3.63, 3.8) is 0 Å². The van der Waals surface area contributed by atoms with E-state index in [4.69, 9.17) is 9.47 Å². The molecule has 1 heterocycles. The van der Waals surface area contributed by atoms with E-state index in [0.29, 0.717) is 12.3 Å². The minimum atomic E-state index is -1.06. The Morgan fingerprint density at radius 3 is 2.58 bits per heavy atom. The molecule has 4 aliphatic rings. The number of hydrogen-bond acceptors (Lipinski definition) is 5. The van der Waals surface area contributed by atoms with E-state index in [-0.39, 0.29) is 28.7 Å². The molecule has 0 aromatic carbocycles. The summed E-state index contributed by atoms with van der Waals surface area (Å²) in [4.78, 5) is 25.2. The lowest BCUT2D eigenvalue weighted by Gasteiger charge is -2.63. The number of carbonyl (C=O) groups excluding carboxylic acids is 2. The summed E-state index contributed by atoms with van der Waals surface area (Å²) in [6.07, 6.45) is 5.29. The SMILES string of the molecule is COC(=O)[C@@]1(C)CCC[C@]2(C)[C@H]3CCC4=C(C(=O)OC4O)[C@]3(C)CC[C@H]21. The van der Waals surface area contributed by atoms with E-state index in [2.05, 4.69) is 20.8 Å². The van der Waals surface area contributed by atoms with E-state index < -0.39 is 11.7 Å². The molecule has 0 radical (unpaired) electrons. The average Bonchev–Trinajstić information content (AvgIpc) is 2.88. The molecule has 5 nitrogen and oxygen atoms in total. The summed E-state index contributed by atoms with van der Waals surface area (Å²) in [7, 11) is 1.49. The van der Waals surface area contributed by atoms with Crippen LogP contribution < -0.4 is 0 Å².